The maximum absolute atomic E-state index is 5.84. The Hall–Kier alpha value is -2.51. The lowest BCUT2D eigenvalue weighted by atomic mass is 10.3. The molecule has 6 nitrogen and oxygen atoms in total. The Bertz CT molecular complexity index is 762. The molecule has 0 atom stereocenters. The molecule has 28 heavy (non-hydrogen) atoms. The molecule has 0 spiro atoms. The fourth-order valence-corrected chi connectivity index (χ4v) is 3.46. The van der Waals surface area contributed by atoms with E-state index in [1.54, 1.807) is 14.2 Å². The van der Waals surface area contributed by atoms with Crippen LogP contribution in [0.4, 0.5) is 5.69 Å². The standard InChI is InChI=1S/C21H27N3O3S/c1-25-18-6-8-19(9-7-18)27-15-14-23-10-12-24(13-11-23)21(28)22-17-4-3-5-20(16-17)26-2/h3-9,16H,10-15H2,1-2H3,(H,22,28)/p+1. The predicted octanol–water partition coefficient (Wildman–Crippen LogP) is 1.68. The van der Waals surface area contributed by atoms with Crippen molar-refractivity contribution in [1.29, 1.82) is 0 Å². The Morgan fingerprint density at radius 3 is 2.36 bits per heavy atom. The van der Waals surface area contributed by atoms with E-state index in [1.807, 2.05) is 48.5 Å². The van der Waals surface area contributed by atoms with Gasteiger partial charge >= 0.3 is 0 Å². The minimum Gasteiger partial charge on any atom is -0.497 e. The van der Waals surface area contributed by atoms with Gasteiger partial charge in [0.25, 0.3) is 0 Å². The van der Waals surface area contributed by atoms with E-state index in [9.17, 15) is 0 Å². The highest BCUT2D eigenvalue weighted by Gasteiger charge is 2.21. The van der Waals surface area contributed by atoms with E-state index in [0.717, 1.165) is 60.8 Å². The highest BCUT2D eigenvalue weighted by atomic mass is 32.1. The number of rotatable bonds is 7. The molecule has 150 valence electrons. The van der Waals surface area contributed by atoms with Gasteiger partial charge in [-0.1, -0.05) is 6.07 Å². The van der Waals surface area contributed by atoms with Gasteiger partial charge in [-0.2, -0.15) is 0 Å². The zero-order valence-electron chi connectivity index (χ0n) is 16.4. The lowest BCUT2D eigenvalue weighted by Gasteiger charge is -2.33. The molecule has 2 N–H and O–H groups in total. The molecule has 0 amide bonds. The molecule has 2 aromatic rings. The van der Waals surface area contributed by atoms with E-state index in [4.69, 9.17) is 26.4 Å². The molecule has 2 aromatic carbocycles. The van der Waals surface area contributed by atoms with Gasteiger partial charge in [-0.15, -0.1) is 0 Å². The zero-order valence-corrected chi connectivity index (χ0v) is 17.3. The summed E-state index contributed by atoms with van der Waals surface area (Å²) < 4.78 is 16.3. The van der Waals surface area contributed by atoms with E-state index in [2.05, 4.69) is 10.2 Å². The number of benzene rings is 2. The third-order valence-electron chi connectivity index (χ3n) is 4.86. The minimum atomic E-state index is 0.703. The Morgan fingerprint density at radius 2 is 1.68 bits per heavy atom. The first-order chi connectivity index (χ1) is 13.7. The number of piperazine rings is 1. The maximum atomic E-state index is 5.84. The van der Waals surface area contributed by atoms with Gasteiger partial charge in [0.15, 0.2) is 5.11 Å². The number of ether oxygens (including phenoxy) is 3. The number of hydrogen-bond acceptors (Lipinski definition) is 4. The van der Waals surface area contributed by atoms with Crippen LogP contribution in [0.15, 0.2) is 48.5 Å². The van der Waals surface area contributed by atoms with Crippen LogP contribution in [0.25, 0.3) is 0 Å². The first kappa shape index (κ1) is 20.2. The number of quaternary nitrogens is 1. The topological polar surface area (TPSA) is 47.4 Å². The number of anilines is 1. The highest BCUT2D eigenvalue weighted by molar-refractivity contribution is 7.80. The number of nitrogens with zero attached hydrogens (tertiary/aromatic N) is 1. The van der Waals surface area contributed by atoms with Gasteiger partial charge in [0.2, 0.25) is 0 Å². The van der Waals surface area contributed by atoms with Crippen molar-refractivity contribution < 1.29 is 19.1 Å². The van der Waals surface area contributed by atoms with Crippen molar-refractivity contribution in [2.24, 2.45) is 0 Å². The summed E-state index contributed by atoms with van der Waals surface area (Å²) in [6.07, 6.45) is 0. The summed E-state index contributed by atoms with van der Waals surface area (Å²) in [5, 5.41) is 4.07. The molecule has 1 aliphatic rings. The Balaban J connectivity index is 1.38. The van der Waals surface area contributed by atoms with Gasteiger partial charge in [-0.25, -0.2) is 0 Å². The fraction of sp³-hybridized carbons (Fsp3) is 0.381. The van der Waals surface area contributed by atoms with Crippen molar-refractivity contribution >= 4 is 23.0 Å². The lowest BCUT2D eigenvalue weighted by Crippen LogP contribution is -3.15. The average Bonchev–Trinajstić information content (AvgIpc) is 2.75. The first-order valence-electron chi connectivity index (χ1n) is 9.48. The maximum Gasteiger partial charge on any atom is 0.173 e. The van der Waals surface area contributed by atoms with E-state index >= 15 is 0 Å². The van der Waals surface area contributed by atoms with Gasteiger partial charge in [-0.05, 0) is 48.6 Å². The molecular weight excluding hydrogens is 374 g/mol. The van der Waals surface area contributed by atoms with E-state index in [-0.39, 0.29) is 0 Å². The summed E-state index contributed by atoms with van der Waals surface area (Å²) in [6.45, 7) is 5.66. The van der Waals surface area contributed by atoms with Crippen LogP contribution in [0, 0.1) is 0 Å². The van der Waals surface area contributed by atoms with Crippen LogP contribution in [0.3, 0.4) is 0 Å². The van der Waals surface area contributed by atoms with Crippen molar-refractivity contribution in [3.8, 4) is 17.2 Å². The number of thiocarbonyl (C=S) groups is 1. The fourth-order valence-electron chi connectivity index (χ4n) is 3.16. The van der Waals surface area contributed by atoms with Crippen molar-refractivity contribution in [3.63, 3.8) is 0 Å². The number of nitrogens with one attached hydrogen (secondary N) is 2. The van der Waals surface area contributed by atoms with Crippen molar-refractivity contribution in [3.05, 3.63) is 48.5 Å². The number of hydrogen-bond donors (Lipinski definition) is 2. The molecule has 0 radical (unpaired) electrons. The zero-order chi connectivity index (χ0) is 19.8. The van der Waals surface area contributed by atoms with Gasteiger partial charge in [-0.3, -0.25) is 0 Å². The molecule has 0 aliphatic carbocycles. The third-order valence-corrected chi connectivity index (χ3v) is 5.22. The summed E-state index contributed by atoms with van der Waals surface area (Å²) in [5.74, 6) is 2.54. The van der Waals surface area contributed by atoms with Crippen LogP contribution < -0.4 is 24.4 Å². The van der Waals surface area contributed by atoms with Crippen LogP contribution in [0.2, 0.25) is 0 Å². The van der Waals surface area contributed by atoms with Crippen molar-refractivity contribution in [2.45, 2.75) is 0 Å². The van der Waals surface area contributed by atoms with Crippen molar-refractivity contribution in [2.75, 3.05) is 58.9 Å². The molecule has 0 saturated carbocycles. The third kappa shape index (κ3) is 5.74. The SMILES string of the molecule is COc1ccc(OCC[NH+]2CCN(C(=S)Nc3cccc(OC)c3)CC2)cc1. The van der Waals surface area contributed by atoms with Gasteiger partial charge in [0, 0.05) is 11.8 Å². The molecule has 0 unspecified atom stereocenters. The number of methoxy groups -OCH3 is 2. The Labute approximate surface area is 172 Å². The summed E-state index contributed by atoms with van der Waals surface area (Å²) in [4.78, 5) is 3.76. The van der Waals surface area contributed by atoms with Crippen LogP contribution >= 0.6 is 12.2 Å². The molecule has 1 fully saturated rings. The van der Waals surface area contributed by atoms with Crippen LogP contribution in [0.1, 0.15) is 0 Å². The van der Waals surface area contributed by atoms with Gasteiger partial charge in [0.05, 0.1) is 40.4 Å². The molecule has 1 aliphatic heterocycles. The smallest absolute Gasteiger partial charge is 0.173 e. The second kappa shape index (κ2) is 10.1. The van der Waals surface area contributed by atoms with Gasteiger partial charge < -0.3 is 29.3 Å². The normalized spacial score (nSPS) is 14.4. The van der Waals surface area contributed by atoms with Crippen LogP contribution in [0.5, 0.6) is 17.2 Å². The largest absolute Gasteiger partial charge is 0.497 e. The Morgan fingerprint density at radius 1 is 1.00 bits per heavy atom. The summed E-state index contributed by atoms with van der Waals surface area (Å²) in [6, 6.07) is 15.5. The van der Waals surface area contributed by atoms with E-state index in [0.29, 0.717) is 6.61 Å². The highest BCUT2D eigenvalue weighted by Crippen LogP contribution is 2.17. The molecule has 7 heteroatoms. The summed E-state index contributed by atoms with van der Waals surface area (Å²) in [5.41, 5.74) is 0.951. The lowest BCUT2D eigenvalue weighted by molar-refractivity contribution is -0.903. The summed E-state index contributed by atoms with van der Waals surface area (Å²) >= 11 is 5.58. The molecule has 0 bridgehead atoms. The minimum absolute atomic E-state index is 0.703. The summed E-state index contributed by atoms with van der Waals surface area (Å²) in [7, 11) is 3.33. The second-order valence-corrected chi connectivity index (χ2v) is 7.06. The average molecular weight is 403 g/mol. The Kier molecular flexibility index (Phi) is 7.33. The predicted molar refractivity (Wildman–Crippen MR) is 115 cm³/mol. The van der Waals surface area contributed by atoms with Crippen molar-refractivity contribution in [1.82, 2.24) is 4.90 Å². The van der Waals surface area contributed by atoms with E-state index in [1.165, 1.54) is 4.90 Å². The first-order valence-corrected chi connectivity index (χ1v) is 9.89. The van der Waals surface area contributed by atoms with Gasteiger partial charge in [0.1, 0.15) is 30.4 Å². The molecule has 0 aromatic heterocycles. The second-order valence-electron chi connectivity index (χ2n) is 6.67. The molecule has 1 heterocycles. The quantitative estimate of drug-likeness (QED) is 0.688. The molecular formula is C21H28N3O3S+. The van der Waals surface area contributed by atoms with Crippen LogP contribution in [-0.2, 0) is 0 Å². The molecule has 1 saturated heterocycles. The molecule has 3 rings (SSSR count). The van der Waals surface area contributed by atoms with E-state index < -0.39 is 0 Å². The van der Waals surface area contributed by atoms with Crippen LogP contribution in [-0.4, -0.2) is 63.6 Å². The monoisotopic (exact) mass is 402 g/mol.